The van der Waals surface area contributed by atoms with Gasteiger partial charge >= 0.3 is 6.03 Å². The highest BCUT2D eigenvalue weighted by Crippen LogP contribution is 2.15. The van der Waals surface area contributed by atoms with Crippen molar-refractivity contribution >= 4 is 6.03 Å². The fraction of sp³-hybridized carbons (Fsp3) is 0.588. The number of aliphatic hydroxyl groups is 1. The summed E-state index contributed by atoms with van der Waals surface area (Å²) in [4.78, 5) is 14.1. The van der Waals surface area contributed by atoms with Gasteiger partial charge in [0.05, 0.1) is 6.10 Å². The second-order valence-electron chi connectivity index (χ2n) is 6.00. The molecule has 0 radical (unpaired) electrons. The van der Waals surface area contributed by atoms with Crippen molar-refractivity contribution in [2.45, 2.75) is 31.8 Å². The number of carbonyl (C=O) groups excluding carboxylic acids is 1. The van der Waals surface area contributed by atoms with E-state index in [9.17, 15) is 15.0 Å². The van der Waals surface area contributed by atoms with Crippen LogP contribution in [-0.4, -0.2) is 53.9 Å². The lowest BCUT2D eigenvalue weighted by molar-refractivity contribution is 0.173. The van der Waals surface area contributed by atoms with Crippen LogP contribution in [0.15, 0.2) is 24.3 Å². The van der Waals surface area contributed by atoms with Gasteiger partial charge in [0.25, 0.3) is 0 Å². The molecular formula is C17H27N3O3. The van der Waals surface area contributed by atoms with E-state index in [1.807, 2.05) is 0 Å². The lowest BCUT2D eigenvalue weighted by atomic mass is 10.1. The van der Waals surface area contributed by atoms with Gasteiger partial charge in [-0.25, -0.2) is 4.79 Å². The number of rotatable bonds is 8. The molecule has 0 aliphatic carbocycles. The van der Waals surface area contributed by atoms with Crippen LogP contribution in [0.5, 0.6) is 5.75 Å². The smallest absolute Gasteiger partial charge is 0.314 e. The summed E-state index contributed by atoms with van der Waals surface area (Å²) in [5, 5.41) is 24.6. The molecule has 4 N–H and O–H groups in total. The van der Waals surface area contributed by atoms with Crippen LogP contribution >= 0.6 is 0 Å². The molecule has 1 aromatic carbocycles. The van der Waals surface area contributed by atoms with Gasteiger partial charge in [0, 0.05) is 13.1 Å². The normalized spacial score (nSPS) is 16.2. The van der Waals surface area contributed by atoms with Gasteiger partial charge in [-0.05, 0) is 63.0 Å². The molecule has 1 heterocycles. The number of unbranched alkanes of at least 4 members (excludes halogenated alkanes) is 1. The molecule has 0 bridgehead atoms. The van der Waals surface area contributed by atoms with Crippen molar-refractivity contribution < 1.29 is 15.0 Å². The van der Waals surface area contributed by atoms with E-state index in [2.05, 4.69) is 15.5 Å². The number of urea groups is 1. The van der Waals surface area contributed by atoms with E-state index in [1.54, 1.807) is 12.1 Å². The Morgan fingerprint density at radius 3 is 2.52 bits per heavy atom. The largest absolute Gasteiger partial charge is 0.508 e. The Kier molecular flexibility index (Phi) is 7.16. The minimum atomic E-state index is -0.781. The summed E-state index contributed by atoms with van der Waals surface area (Å²) in [5.74, 6) is 0.153. The molecule has 0 unspecified atom stereocenters. The van der Waals surface area contributed by atoms with Crippen molar-refractivity contribution in [3.05, 3.63) is 29.8 Å². The minimum Gasteiger partial charge on any atom is -0.508 e. The molecule has 6 heteroatoms. The number of nitrogens with zero attached hydrogens (tertiary/aromatic N) is 1. The molecule has 1 atom stereocenters. The number of phenolic OH excluding ortho intramolecular Hbond substituents is 1. The Balaban J connectivity index is 1.53. The van der Waals surface area contributed by atoms with Crippen LogP contribution in [0.1, 0.15) is 37.4 Å². The monoisotopic (exact) mass is 321 g/mol. The topological polar surface area (TPSA) is 84.8 Å². The Labute approximate surface area is 137 Å². The van der Waals surface area contributed by atoms with Crippen LogP contribution in [0.3, 0.4) is 0 Å². The number of amides is 2. The number of carbonyl (C=O) groups is 1. The first-order valence-corrected chi connectivity index (χ1v) is 8.36. The zero-order valence-corrected chi connectivity index (χ0v) is 13.5. The van der Waals surface area contributed by atoms with Crippen LogP contribution in [0.2, 0.25) is 0 Å². The van der Waals surface area contributed by atoms with Crippen molar-refractivity contribution in [1.29, 1.82) is 0 Å². The number of phenols is 1. The summed E-state index contributed by atoms with van der Waals surface area (Å²) < 4.78 is 0. The van der Waals surface area contributed by atoms with Gasteiger partial charge < -0.3 is 25.7 Å². The summed E-state index contributed by atoms with van der Waals surface area (Å²) >= 11 is 0. The predicted molar refractivity (Wildman–Crippen MR) is 89.4 cm³/mol. The van der Waals surface area contributed by atoms with Crippen molar-refractivity contribution in [2.24, 2.45) is 0 Å². The number of aliphatic hydroxyl groups excluding tert-OH is 1. The molecule has 1 aromatic rings. The van der Waals surface area contributed by atoms with E-state index >= 15 is 0 Å². The maximum Gasteiger partial charge on any atom is 0.314 e. The summed E-state index contributed by atoms with van der Waals surface area (Å²) in [7, 11) is 0. The van der Waals surface area contributed by atoms with Crippen molar-refractivity contribution in [2.75, 3.05) is 32.7 Å². The lowest BCUT2D eigenvalue weighted by Crippen LogP contribution is -2.38. The molecule has 2 amide bonds. The zero-order chi connectivity index (χ0) is 16.5. The Morgan fingerprint density at radius 2 is 1.83 bits per heavy atom. The molecule has 23 heavy (non-hydrogen) atoms. The molecule has 0 aromatic heterocycles. The zero-order valence-electron chi connectivity index (χ0n) is 13.5. The van der Waals surface area contributed by atoms with Crippen LogP contribution in [0.25, 0.3) is 0 Å². The third-order valence-corrected chi connectivity index (χ3v) is 4.12. The van der Waals surface area contributed by atoms with E-state index < -0.39 is 6.10 Å². The van der Waals surface area contributed by atoms with Crippen molar-refractivity contribution in [1.82, 2.24) is 15.5 Å². The molecule has 0 saturated carbocycles. The van der Waals surface area contributed by atoms with E-state index in [4.69, 9.17) is 0 Å². The fourth-order valence-electron chi connectivity index (χ4n) is 2.73. The van der Waals surface area contributed by atoms with E-state index in [-0.39, 0.29) is 18.3 Å². The average molecular weight is 321 g/mol. The number of hydrogen-bond donors (Lipinski definition) is 4. The predicted octanol–water partition coefficient (Wildman–Crippen LogP) is 1.60. The number of benzene rings is 1. The first-order valence-electron chi connectivity index (χ1n) is 8.36. The van der Waals surface area contributed by atoms with Gasteiger partial charge in [0.2, 0.25) is 0 Å². The standard InChI is InChI=1S/C17H27N3O3/c21-15-7-5-14(6-8-15)16(22)13-19-17(23)18-9-1-2-10-20-11-3-4-12-20/h5-8,16,21-22H,1-4,9-13H2,(H2,18,19,23)/t16-/m0/s1. The molecule has 6 nitrogen and oxygen atoms in total. The van der Waals surface area contributed by atoms with Gasteiger partial charge in [-0.15, -0.1) is 0 Å². The van der Waals surface area contributed by atoms with Gasteiger partial charge in [-0.1, -0.05) is 12.1 Å². The first kappa shape index (κ1) is 17.6. The summed E-state index contributed by atoms with van der Waals surface area (Å²) in [6.07, 6.45) is 3.89. The van der Waals surface area contributed by atoms with Crippen LogP contribution < -0.4 is 10.6 Å². The highest BCUT2D eigenvalue weighted by atomic mass is 16.3. The number of likely N-dealkylation sites (tertiary alicyclic amines) is 1. The summed E-state index contributed by atoms with van der Waals surface area (Å²) in [6, 6.07) is 6.04. The van der Waals surface area contributed by atoms with Crippen molar-refractivity contribution in [3.63, 3.8) is 0 Å². The van der Waals surface area contributed by atoms with Crippen LogP contribution in [0, 0.1) is 0 Å². The number of nitrogens with one attached hydrogen (secondary N) is 2. The van der Waals surface area contributed by atoms with E-state index in [0.717, 1.165) is 19.4 Å². The molecule has 1 aliphatic heterocycles. The maximum atomic E-state index is 11.7. The number of aromatic hydroxyl groups is 1. The third-order valence-electron chi connectivity index (χ3n) is 4.12. The minimum absolute atomic E-state index is 0.143. The molecule has 1 fully saturated rings. The molecule has 2 rings (SSSR count). The summed E-state index contributed by atoms with van der Waals surface area (Å²) in [5.41, 5.74) is 0.661. The quantitative estimate of drug-likeness (QED) is 0.548. The van der Waals surface area contributed by atoms with Crippen LogP contribution in [-0.2, 0) is 0 Å². The third kappa shape index (κ3) is 6.46. The van der Waals surface area contributed by atoms with Gasteiger partial charge in [-0.3, -0.25) is 0 Å². The molecule has 1 saturated heterocycles. The SMILES string of the molecule is O=C(NCCCCN1CCCC1)NC[C@H](O)c1ccc(O)cc1. The average Bonchev–Trinajstić information content (AvgIpc) is 3.06. The Bertz CT molecular complexity index is 472. The molecule has 1 aliphatic rings. The summed E-state index contributed by atoms with van der Waals surface area (Å²) in [6.45, 7) is 4.33. The van der Waals surface area contributed by atoms with E-state index in [1.165, 1.54) is 38.1 Å². The number of hydrogen-bond acceptors (Lipinski definition) is 4. The second-order valence-corrected chi connectivity index (χ2v) is 6.00. The van der Waals surface area contributed by atoms with Crippen molar-refractivity contribution in [3.8, 4) is 5.75 Å². The maximum absolute atomic E-state index is 11.7. The molecule has 0 spiro atoms. The van der Waals surface area contributed by atoms with Gasteiger partial charge in [-0.2, -0.15) is 0 Å². The lowest BCUT2D eigenvalue weighted by Gasteiger charge is -2.15. The van der Waals surface area contributed by atoms with Gasteiger partial charge in [0.15, 0.2) is 0 Å². The Morgan fingerprint density at radius 1 is 1.13 bits per heavy atom. The Hall–Kier alpha value is -1.79. The molecule has 128 valence electrons. The first-order chi connectivity index (χ1) is 11.1. The highest BCUT2D eigenvalue weighted by molar-refractivity contribution is 5.73. The fourth-order valence-corrected chi connectivity index (χ4v) is 2.73. The second kappa shape index (κ2) is 9.37. The van der Waals surface area contributed by atoms with Gasteiger partial charge in [0.1, 0.15) is 5.75 Å². The van der Waals surface area contributed by atoms with Crippen LogP contribution in [0.4, 0.5) is 4.79 Å². The molecular weight excluding hydrogens is 294 g/mol. The van der Waals surface area contributed by atoms with E-state index in [0.29, 0.717) is 12.1 Å². The highest BCUT2D eigenvalue weighted by Gasteiger charge is 2.11.